The zero-order chi connectivity index (χ0) is 15.2. The van der Waals surface area contributed by atoms with Crippen molar-refractivity contribution in [2.24, 2.45) is 0 Å². The van der Waals surface area contributed by atoms with Crippen LogP contribution in [0, 0.1) is 0 Å². The first-order valence-electron chi connectivity index (χ1n) is 7.77. The van der Waals surface area contributed by atoms with E-state index in [2.05, 4.69) is 22.8 Å². The van der Waals surface area contributed by atoms with E-state index in [-0.39, 0.29) is 11.9 Å². The van der Waals surface area contributed by atoms with E-state index in [1.807, 2.05) is 19.9 Å². The van der Waals surface area contributed by atoms with Crippen molar-refractivity contribution in [3.05, 3.63) is 29.3 Å². The quantitative estimate of drug-likeness (QED) is 0.843. The molecule has 0 bridgehead atoms. The van der Waals surface area contributed by atoms with Crippen LogP contribution in [-0.2, 0) is 17.6 Å². The number of hydrogen-bond donors (Lipinski definition) is 2. The Labute approximate surface area is 127 Å². The highest BCUT2D eigenvalue weighted by atomic mass is 16.5. The van der Waals surface area contributed by atoms with Crippen LogP contribution in [0.4, 0.5) is 0 Å². The molecule has 1 aliphatic rings. The second-order valence-electron chi connectivity index (χ2n) is 6.00. The van der Waals surface area contributed by atoms with Crippen molar-refractivity contribution >= 4 is 5.91 Å². The summed E-state index contributed by atoms with van der Waals surface area (Å²) in [6.07, 6.45) is 3.78. The maximum atomic E-state index is 11.6. The molecule has 1 atom stereocenters. The minimum absolute atomic E-state index is 0.121. The third-order valence-electron chi connectivity index (χ3n) is 3.88. The summed E-state index contributed by atoms with van der Waals surface area (Å²) in [7, 11) is 1.70. The largest absolute Gasteiger partial charge is 0.497 e. The van der Waals surface area contributed by atoms with Crippen molar-refractivity contribution < 1.29 is 9.53 Å². The minimum atomic E-state index is 0.121. The second kappa shape index (κ2) is 7.46. The summed E-state index contributed by atoms with van der Waals surface area (Å²) in [6, 6.07) is 7.00. The average molecular weight is 290 g/mol. The summed E-state index contributed by atoms with van der Waals surface area (Å²) in [4.78, 5) is 11.6. The molecule has 2 rings (SSSR count). The monoisotopic (exact) mass is 290 g/mol. The van der Waals surface area contributed by atoms with Crippen molar-refractivity contribution in [3.8, 4) is 5.75 Å². The summed E-state index contributed by atoms with van der Waals surface area (Å²) in [6.45, 7) is 4.70. The number of carbonyl (C=O) groups excluding carboxylic acids is 1. The average Bonchev–Trinajstić information content (AvgIpc) is 2.45. The lowest BCUT2D eigenvalue weighted by atomic mass is 9.88. The van der Waals surface area contributed by atoms with Gasteiger partial charge in [-0.3, -0.25) is 4.79 Å². The highest BCUT2D eigenvalue weighted by Gasteiger charge is 2.18. The van der Waals surface area contributed by atoms with Crippen LogP contribution in [0.2, 0.25) is 0 Å². The highest BCUT2D eigenvalue weighted by molar-refractivity contribution is 5.76. The van der Waals surface area contributed by atoms with Crippen molar-refractivity contribution in [1.82, 2.24) is 10.6 Å². The molecule has 1 aliphatic carbocycles. The van der Waals surface area contributed by atoms with Gasteiger partial charge in [-0.25, -0.2) is 0 Å². The normalized spacial score (nSPS) is 17.4. The van der Waals surface area contributed by atoms with Crippen molar-refractivity contribution in [1.29, 1.82) is 0 Å². The molecule has 4 nitrogen and oxygen atoms in total. The lowest BCUT2D eigenvalue weighted by molar-refractivity contribution is -0.121. The number of fused-ring (bicyclic) bond motifs is 1. The van der Waals surface area contributed by atoms with Crippen LogP contribution >= 0.6 is 0 Å². The van der Waals surface area contributed by atoms with Crippen LogP contribution in [-0.4, -0.2) is 31.6 Å². The minimum Gasteiger partial charge on any atom is -0.497 e. The van der Waals surface area contributed by atoms with E-state index in [1.54, 1.807) is 7.11 Å². The third kappa shape index (κ3) is 4.74. The van der Waals surface area contributed by atoms with Gasteiger partial charge in [0.05, 0.1) is 7.11 Å². The Hall–Kier alpha value is -1.55. The zero-order valence-electron chi connectivity index (χ0n) is 13.2. The first kappa shape index (κ1) is 15.8. The van der Waals surface area contributed by atoms with Gasteiger partial charge in [0, 0.05) is 25.0 Å². The van der Waals surface area contributed by atoms with Gasteiger partial charge in [0.25, 0.3) is 0 Å². The molecule has 0 aliphatic heterocycles. The van der Waals surface area contributed by atoms with Crippen LogP contribution in [0.5, 0.6) is 5.75 Å². The molecule has 4 heteroatoms. The predicted molar refractivity (Wildman–Crippen MR) is 84.7 cm³/mol. The lowest BCUT2D eigenvalue weighted by Crippen LogP contribution is -2.38. The van der Waals surface area contributed by atoms with Crippen LogP contribution < -0.4 is 15.4 Å². The lowest BCUT2D eigenvalue weighted by Gasteiger charge is -2.26. The Morgan fingerprint density at radius 1 is 1.38 bits per heavy atom. The third-order valence-corrected chi connectivity index (χ3v) is 3.88. The van der Waals surface area contributed by atoms with E-state index in [4.69, 9.17) is 4.74 Å². The Kier molecular flexibility index (Phi) is 5.62. The van der Waals surface area contributed by atoms with Gasteiger partial charge in [-0.05, 0) is 56.4 Å². The Morgan fingerprint density at radius 2 is 2.19 bits per heavy atom. The van der Waals surface area contributed by atoms with Gasteiger partial charge in [0.2, 0.25) is 5.91 Å². The molecule has 0 aromatic heterocycles. The van der Waals surface area contributed by atoms with Crippen molar-refractivity contribution in [2.75, 3.05) is 13.7 Å². The summed E-state index contributed by atoms with van der Waals surface area (Å²) in [5, 5.41) is 6.42. The second-order valence-corrected chi connectivity index (χ2v) is 6.00. The van der Waals surface area contributed by atoms with Gasteiger partial charge in [0.15, 0.2) is 0 Å². The van der Waals surface area contributed by atoms with Crippen molar-refractivity contribution in [2.45, 2.75) is 51.6 Å². The zero-order valence-corrected chi connectivity index (χ0v) is 13.2. The number of amides is 1. The van der Waals surface area contributed by atoms with Crippen LogP contribution in [0.3, 0.4) is 0 Å². The summed E-state index contributed by atoms with van der Waals surface area (Å²) < 4.78 is 5.29. The first-order chi connectivity index (χ1) is 10.1. The van der Waals surface area contributed by atoms with E-state index < -0.39 is 0 Å². The maximum absolute atomic E-state index is 11.6. The standard InChI is InChI=1S/C17H26N2O2/c1-12(2)19-17(20)8-9-18-15-6-4-13-5-7-16(21-3)11-14(13)10-15/h5,7,11-12,15,18H,4,6,8-10H2,1-3H3,(H,19,20). The molecule has 1 aromatic rings. The van der Waals surface area contributed by atoms with E-state index in [1.165, 1.54) is 11.1 Å². The molecular weight excluding hydrogens is 264 g/mol. The molecule has 0 fully saturated rings. The molecule has 0 heterocycles. The Bertz CT molecular complexity index is 486. The number of nitrogens with one attached hydrogen (secondary N) is 2. The highest BCUT2D eigenvalue weighted by Crippen LogP contribution is 2.25. The van der Waals surface area contributed by atoms with Crippen LogP contribution in [0.25, 0.3) is 0 Å². The van der Waals surface area contributed by atoms with Crippen LogP contribution in [0.15, 0.2) is 18.2 Å². The number of rotatable bonds is 6. The fourth-order valence-corrected chi connectivity index (χ4v) is 2.82. The van der Waals surface area contributed by atoms with E-state index in [0.717, 1.165) is 31.6 Å². The molecular formula is C17H26N2O2. The molecule has 0 saturated heterocycles. The molecule has 116 valence electrons. The summed E-state index contributed by atoms with van der Waals surface area (Å²) in [5.41, 5.74) is 2.79. The van der Waals surface area contributed by atoms with Gasteiger partial charge in [-0.1, -0.05) is 6.07 Å². The van der Waals surface area contributed by atoms with E-state index in [0.29, 0.717) is 12.5 Å². The van der Waals surface area contributed by atoms with E-state index >= 15 is 0 Å². The molecule has 0 radical (unpaired) electrons. The van der Waals surface area contributed by atoms with Gasteiger partial charge >= 0.3 is 0 Å². The molecule has 1 amide bonds. The van der Waals surface area contributed by atoms with Gasteiger partial charge < -0.3 is 15.4 Å². The van der Waals surface area contributed by atoms with Gasteiger partial charge in [-0.2, -0.15) is 0 Å². The number of benzene rings is 1. The molecule has 1 aromatic carbocycles. The summed E-state index contributed by atoms with van der Waals surface area (Å²) in [5.74, 6) is 1.04. The smallest absolute Gasteiger partial charge is 0.221 e. The SMILES string of the molecule is COc1ccc2c(c1)CC(NCCC(=O)NC(C)C)CC2. The molecule has 0 saturated carbocycles. The fraction of sp³-hybridized carbons (Fsp3) is 0.588. The molecule has 21 heavy (non-hydrogen) atoms. The number of aryl methyl sites for hydroxylation is 1. The molecule has 1 unspecified atom stereocenters. The van der Waals surface area contributed by atoms with Crippen molar-refractivity contribution in [3.63, 3.8) is 0 Å². The first-order valence-corrected chi connectivity index (χ1v) is 7.77. The summed E-state index contributed by atoms with van der Waals surface area (Å²) >= 11 is 0. The number of hydrogen-bond acceptors (Lipinski definition) is 3. The number of ether oxygens (including phenoxy) is 1. The molecule has 0 spiro atoms. The number of methoxy groups -OCH3 is 1. The van der Waals surface area contributed by atoms with Gasteiger partial charge in [0.1, 0.15) is 5.75 Å². The van der Waals surface area contributed by atoms with E-state index in [9.17, 15) is 4.79 Å². The number of carbonyl (C=O) groups is 1. The maximum Gasteiger partial charge on any atom is 0.221 e. The molecule has 2 N–H and O–H groups in total. The Balaban J connectivity index is 1.80. The van der Waals surface area contributed by atoms with Gasteiger partial charge in [-0.15, -0.1) is 0 Å². The fourth-order valence-electron chi connectivity index (χ4n) is 2.82. The predicted octanol–water partition coefficient (Wildman–Crippen LogP) is 2.06. The Morgan fingerprint density at radius 3 is 2.90 bits per heavy atom. The van der Waals surface area contributed by atoms with Crippen LogP contribution in [0.1, 0.15) is 37.8 Å². The topological polar surface area (TPSA) is 50.4 Å².